The highest BCUT2D eigenvalue weighted by molar-refractivity contribution is 9.10. The Bertz CT molecular complexity index is 673. The van der Waals surface area contributed by atoms with Gasteiger partial charge in [0.05, 0.1) is 18.4 Å². The molecule has 0 heterocycles. The second-order valence-electron chi connectivity index (χ2n) is 4.37. The molecule has 114 valence electrons. The van der Waals surface area contributed by atoms with Crippen LogP contribution in [0.15, 0.2) is 53.0 Å². The fourth-order valence-corrected chi connectivity index (χ4v) is 2.13. The predicted octanol–water partition coefficient (Wildman–Crippen LogP) is 3.98. The molecule has 0 aliphatic rings. The summed E-state index contributed by atoms with van der Waals surface area (Å²) in [5.74, 6) is -0.542. The van der Waals surface area contributed by atoms with Crippen LogP contribution in [-0.4, -0.2) is 19.2 Å². The summed E-state index contributed by atoms with van der Waals surface area (Å²) in [6.45, 7) is 0.150. The molecule has 0 radical (unpaired) electrons. The van der Waals surface area contributed by atoms with Crippen LogP contribution in [0.4, 0.5) is 10.5 Å². The molecule has 0 atom stereocenters. The lowest BCUT2D eigenvalue weighted by atomic mass is 10.2. The summed E-state index contributed by atoms with van der Waals surface area (Å²) >= 11 is 3.27. The lowest BCUT2D eigenvalue weighted by Gasteiger charge is -2.11. The Morgan fingerprint density at radius 3 is 2.55 bits per heavy atom. The van der Waals surface area contributed by atoms with E-state index in [1.807, 2.05) is 30.3 Å². The molecule has 2 aromatic rings. The average Bonchev–Trinajstić information content (AvgIpc) is 2.55. The number of amides is 1. The van der Waals surface area contributed by atoms with Gasteiger partial charge in [0.15, 0.2) is 0 Å². The fourth-order valence-electron chi connectivity index (χ4n) is 1.77. The number of hydrogen-bond acceptors (Lipinski definition) is 4. The number of carbonyl (C=O) groups excluding carboxylic acids is 2. The normalized spacial score (nSPS) is 9.91. The van der Waals surface area contributed by atoms with Gasteiger partial charge in [0, 0.05) is 4.47 Å². The molecule has 5 nitrogen and oxygen atoms in total. The maximum absolute atomic E-state index is 11.8. The summed E-state index contributed by atoms with van der Waals surface area (Å²) in [5, 5.41) is 2.54. The van der Waals surface area contributed by atoms with E-state index >= 15 is 0 Å². The van der Waals surface area contributed by atoms with Gasteiger partial charge < -0.3 is 9.47 Å². The highest BCUT2D eigenvalue weighted by Crippen LogP contribution is 2.22. The molecule has 0 unspecified atom stereocenters. The topological polar surface area (TPSA) is 64.6 Å². The van der Waals surface area contributed by atoms with Crippen LogP contribution in [-0.2, 0) is 16.1 Å². The van der Waals surface area contributed by atoms with Gasteiger partial charge in [0.25, 0.3) is 0 Å². The van der Waals surface area contributed by atoms with Gasteiger partial charge in [-0.15, -0.1) is 0 Å². The average molecular weight is 364 g/mol. The monoisotopic (exact) mass is 363 g/mol. The second kappa shape index (κ2) is 7.61. The van der Waals surface area contributed by atoms with Gasteiger partial charge in [-0.2, -0.15) is 0 Å². The van der Waals surface area contributed by atoms with Gasteiger partial charge in [-0.3, -0.25) is 5.32 Å². The Balaban J connectivity index is 2.03. The number of rotatable bonds is 4. The zero-order chi connectivity index (χ0) is 15.9. The van der Waals surface area contributed by atoms with Crippen molar-refractivity contribution < 1.29 is 19.1 Å². The Morgan fingerprint density at radius 2 is 1.86 bits per heavy atom. The summed E-state index contributed by atoms with van der Waals surface area (Å²) in [6, 6.07) is 14.2. The van der Waals surface area contributed by atoms with Crippen LogP contribution in [0.3, 0.4) is 0 Å². The van der Waals surface area contributed by atoms with Crippen LogP contribution in [0.1, 0.15) is 15.9 Å². The molecule has 0 saturated carbocycles. The van der Waals surface area contributed by atoms with E-state index in [9.17, 15) is 9.59 Å². The zero-order valence-electron chi connectivity index (χ0n) is 11.8. The quantitative estimate of drug-likeness (QED) is 0.834. The van der Waals surface area contributed by atoms with E-state index in [-0.39, 0.29) is 12.2 Å². The van der Waals surface area contributed by atoms with Crippen molar-refractivity contribution in [2.75, 3.05) is 12.4 Å². The van der Waals surface area contributed by atoms with Gasteiger partial charge in [0.1, 0.15) is 6.61 Å². The van der Waals surface area contributed by atoms with E-state index < -0.39 is 12.1 Å². The molecule has 2 aromatic carbocycles. The van der Waals surface area contributed by atoms with Crippen LogP contribution in [0.2, 0.25) is 0 Å². The van der Waals surface area contributed by atoms with E-state index in [4.69, 9.17) is 9.47 Å². The fraction of sp³-hybridized carbons (Fsp3) is 0.125. The van der Waals surface area contributed by atoms with Crippen molar-refractivity contribution >= 4 is 33.7 Å². The predicted molar refractivity (Wildman–Crippen MR) is 85.7 cm³/mol. The van der Waals surface area contributed by atoms with Crippen LogP contribution in [0.5, 0.6) is 0 Å². The van der Waals surface area contributed by atoms with Crippen molar-refractivity contribution in [3.63, 3.8) is 0 Å². The summed E-state index contributed by atoms with van der Waals surface area (Å²) in [5.41, 5.74) is 1.45. The van der Waals surface area contributed by atoms with Crippen molar-refractivity contribution in [2.24, 2.45) is 0 Å². The number of benzene rings is 2. The van der Waals surface area contributed by atoms with E-state index in [1.54, 1.807) is 18.2 Å². The Kier molecular flexibility index (Phi) is 5.55. The van der Waals surface area contributed by atoms with Crippen LogP contribution in [0.25, 0.3) is 0 Å². The molecule has 0 aliphatic heterocycles. The number of esters is 1. The Hall–Kier alpha value is -2.34. The lowest BCUT2D eigenvalue weighted by molar-refractivity contribution is 0.0602. The molecular weight excluding hydrogens is 350 g/mol. The number of ether oxygens (including phenoxy) is 2. The van der Waals surface area contributed by atoms with Crippen LogP contribution >= 0.6 is 15.9 Å². The molecule has 0 bridgehead atoms. The Morgan fingerprint density at radius 1 is 1.14 bits per heavy atom. The first-order valence-corrected chi connectivity index (χ1v) is 7.25. The molecule has 1 N–H and O–H groups in total. The maximum Gasteiger partial charge on any atom is 0.411 e. The Labute approximate surface area is 136 Å². The standard InChI is InChI=1S/C16H14BrNO4/c1-21-15(19)13-9-12(17)7-8-14(13)18-16(20)22-10-11-5-3-2-4-6-11/h2-9H,10H2,1H3,(H,18,20). The number of methoxy groups -OCH3 is 1. The van der Waals surface area contributed by atoms with E-state index in [1.165, 1.54) is 7.11 Å². The highest BCUT2D eigenvalue weighted by Gasteiger charge is 2.15. The number of nitrogens with one attached hydrogen (secondary N) is 1. The number of halogens is 1. The molecule has 0 saturated heterocycles. The first-order chi connectivity index (χ1) is 10.6. The minimum absolute atomic E-state index is 0.150. The molecule has 0 aromatic heterocycles. The maximum atomic E-state index is 11.8. The smallest absolute Gasteiger partial charge is 0.411 e. The van der Waals surface area contributed by atoms with Crippen molar-refractivity contribution in [3.05, 3.63) is 64.1 Å². The minimum atomic E-state index is -0.642. The van der Waals surface area contributed by atoms with Gasteiger partial charge in [-0.1, -0.05) is 46.3 Å². The molecule has 0 fully saturated rings. The van der Waals surface area contributed by atoms with Crippen LogP contribution < -0.4 is 5.32 Å². The van der Waals surface area contributed by atoms with Crippen LogP contribution in [0, 0.1) is 0 Å². The molecule has 1 amide bonds. The van der Waals surface area contributed by atoms with E-state index in [0.717, 1.165) is 5.56 Å². The third kappa shape index (κ3) is 4.33. The minimum Gasteiger partial charge on any atom is -0.465 e. The van der Waals surface area contributed by atoms with Crippen molar-refractivity contribution in [3.8, 4) is 0 Å². The van der Waals surface area contributed by atoms with Gasteiger partial charge in [0.2, 0.25) is 0 Å². The molecular formula is C16H14BrNO4. The second-order valence-corrected chi connectivity index (χ2v) is 5.28. The third-order valence-corrected chi connectivity index (χ3v) is 3.33. The molecule has 0 aliphatic carbocycles. The molecule has 6 heteroatoms. The van der Waals surface area contributed by atoms with Crippen molar-refractivity contribution in [2.45, 2.75) is 6.61 Å². The van der Waals surface area contributed by atoms with E-state index in [0.29, 0.717) is 10.2 Å². The van der Waals surface area contributed by atoms with Crippen molar-refractivity contribution in [1.82, 2.24) is 0 Å². The molecule has 2 rings (SSSR count). The molecule has 22 heavy (non-hydrogen) atoms. The van der Waals surface area contributed by atoms with Gasteiger partial charge in [-0.25, -0.2) is 9.59 Å². The first-order valence-electron chi connectivity index (χ1n) is 6.45. The SMILES string of the molecule is COC(=O)c1cc(Br)ccc1NC(=O)OCc1ccccc1. The van der Waals surface area contributed by atoms with Crippen molar-refractivity contribution in [1.29, 1.82) is 0 Å². The lowest BCUT2D eigenvalue weighted by Crippen LogP contribution is -2.16. The number of carbonyl (C=O) groups is 2. The summed E-state index contributed by atoms with van der Waals surface area (Å²) in [4.78, 5) is 23.5. The largest absolute Gasteiger partial charge is 0.465 e. The number of hydrogen-bond donors (Lipinski definition) is 1. The summed E-state index contributed by atoms with van der Waals surface area (Å²) in [6.07, 6.45) is -0.642. The third-order valence-electron chi connectivity index (χ3n) is 2.84. The molecule has 0 spiro atoms. The van der Waals surface area contributed by atoms with E-state index in [2.05, 4.69) is 21.2 Å². The summed E-state index contributed by atoms with van der Waals surface area (Å²) in [7, 11) is 1.28. The highest BCUT2D eigenvalue weighted by atomic mass is 79.9. The number of anilines is 1. The first kappa shape index (κ1) is 16.0. The summed E-state index contributed by atoms with van der Waals surface area (Å²) < 4.78 is 10.5. The van der Waals surface area contributed by atoms with Gasteiger partial charge >= 0.3 is 12.1 Å². The van der Waals surface area contributed by atoms with Gasteiger partial charge in [-0.05, 0) is 23.8 Å². The zero-order valence-corrected chi connectivity index (χ0v) is 13.4.